The molecule has 1 aromatic heterocycles. The monoisotopic (exact) mass is 386 g/mol. The van der Waals surface area contributed by atoms with E-state index in [2.05, 4.69) is 10.3 Å². The minimum atomic E-state index is -4.23. The second kappa shape index (κ2) is 7.03. The molecule has 1 saturated heterocycles. The number of halogens is 3. The van der Waals surface area contributed by atoms with Crippen molar-refractivity contribution in [1.29, 1.82) is 0 Å². The van der Waals surface area contributed by atoms with Crippen molar-refractivity contribution < 1.29 is 18.0 Å². The van der Waals surface area contributed by atoms with Crippen LogP contribution in [0.4, 0.5) is 23.7 Å². The van der Waals surface area contributed by atoms with E-state index in [0.717, 1.165) is 11.4 Å². The number of hydrogen-bond acceptors (Lipinski definition) is 2. The molecule has 0 aliphatic carbocycles. The Morgan fingerprint density at radius 1 is 1.07 bits per heavy atom. The summed E-state index contributed by atoms with van der Waals surface area (Å²) in [7, 11) is 0. The third-order valence-electron chi connectivity index (χ3n) is 4.53. The van der Waals surface area contributed by atoms with Crippen molar-refractivity contribution in [3.8, 4) is 17.1 Å². The van der Waals surface area contributed by atoms with E-state index in [9.17, 15) is 18.0 Å². The molecule has 1 aliphatic heterocycles. The van der Waals surface area contributed by atoms with Gasteiger partial charge in [-0.1, -0.05) is 30.3 Å². The Hall–Kier alpha value is -3.29. The van der Waals surface area contributed by atoms with Crippen LogP contribution in [-0.4, -0.2) is 34.8 Å². The third kappa shape index (κ3) is 3.71. The zero-order valence-electron chi connectivity index (χ0n) is 14.8. The van der Waals surface area contributed by atoms with Gasteiger partial charge in [0.05, 0.1) is 6.42 Å². The maximum atomic E-state index is 12.5. The standard InChI is InChI=1S/C20H17F3N4O/c21-20(22,23)13-14-4-6-15(7-5-14)18-24-8-10-26(18)16-2-1-3-17(12-16)27-11-9-25-19(27)28/h1-8,10,12H,9,11,13H2,(H,25,28). The van der Waals surface area contributed by atoms with Crippen molar-refractivity contribution in [3.05, 3.63) is 66.5 Å². The first kappa shape index (κ1) is 18.1. The molecule has 0 atom stereocenters. The van der Waals surface area contributed by atoms with Gasteiger partial charge in [0.1, 0.15) is 5.82 Å². The first-order chi connectivity index (χ1) is 13.4. The number of rotatable bonds is 4. The summed E-state index contributed by atoms with van der Waals surface area (Å²) in [5.74, 6) is 0.613. The minimum Gasteiger partial charge on any atom is -0.336 e. The molecule has 0 bridgehead atoms. The summed E-state index contributed by atoms with van der Waals surface area (Å²) in [6.45, 7) is 1.20. The number of anilines is 1. The Kier molecular flexibility index (Phi) is 4.54. The molecule has 0 radical (unpaired) electrons. The largest absolute Gasteiger partial charge is 0.393 e. The van der Waals surface area contributed by atoms with Gasteiger partial charge < -0.3 is 5.32 Å². The van der Waals surface area contributed by atoms with Gasteiger partial charge in [0, 0.05) is 42.4 Å². The van der Waals surface area contributed by atoms with Crippen LogP contribution in [0, 0.1) is 0 Å². The maximum Gasteiger partial charge on any atom is 0.393 e. The zero-order chi connectivity index (χ0) is 19.7. The molecule has 0 saturated carbocycles. The number of aromatic nitrogens is 2. The van der Waals surface area contributed by atoms with E-state index in [1.165, 1.54) is 12.1 Å². The summed E-state index contributed by atoms with van der Waals surface area (Å²) in [6.07, 6.45) is -1.78. The molecule has 3 aromatic rings. The van der Waals surface area contributed by atoms with Crippen LogP contribution in [0.2, 0.25) is 0 Å². The minimum absolute atomic E-state index is 0.136. The number of nitrogens with one attached hydrogen (secondary N) is 1. The molecule has 144 valence electrons. The number of amides is 2. The van der Waals surface area contributed by atoms with E-state index >= 15 is 0 Å². The van der Waals surface area contributed by atoms with Crippen molar-refractivity contribution in [1.82, 2.24) is 14.9 Å². The van der Waals surface area contributed by atoms with E-state index in [-0.39, 0.29) is 11.6 Å². The Bertz CT molecular complexity index is 995. The van der Waals surface area contributed by atoms with Crippen LogP contribution < -0.4 is 10.2 Å². The van der Waals surface area contributed by atoms with Crippen LogP contribution in [0.5, 0.6) is 0 Å². The molecule has 8 heteroatoms. The third-order valence-corrected chi connectivity index (χ3v) is 4.53. The lowest BCUT2D eigenvalue weighted by Gasteiger charge is -2.16. The van der Waals surface area contributed by atoms with E-state index in [1.807, 2.05) is 28.8 Å². The average Bonchev–Trinajstić information content (AvgIpc) is 3.30. The molecule has 1 fully saturated rings. The van der Waals surface area contributed by atoms with Crippen LogP contribution in [-0.2, 0) is 6.42 Å². The predicted molar refractivity (Wildman–Crippen MR) is 99.5 cm³/mol. The summed E-state index contributed by atoms with van der Waals surface area (Å²) in [5.41, 5.74) is 2.49. The zero-order valence-corrected chi connectivity index (χ0v) is 14.8. The lowest BCUT2D eigenvalue weighted by molar-refractivity contribution is -0.127. The molecule has 2 aromatic carbocycles. The molecular formula is C20H17F3N4O. The SMILES string of the molecule is O=C1NCCN1c1cccc(-n2ccnc2-c2ccc(CC(F)(F)F)cc2)c1. The van der Waals surface area contributed by atoms with Gasteiger partial charge in [-0.25, -0.2) is 9.78 Å². The molecular weight excluding hydrogens is 369 g/mol. The number of carbonyl (C=O) groups excluding carboxylic acids is 1. The van der Waals surface area contributed by atoms with Crippen molar-refractivity contribution in [2.45, 2.75) is 12.6 Å². The van der Waals surface area contributed by atoms with Gasteiger partial charge in [-0.2, -0.15) is 13.2 Å². The van der Waals surface area contributed by atoms with Gasteiger partial charge in [-0.3, -0.25) is 9.47 Å². The van der Waals surface area contributed by atoms with Crippen LogP contribution >= 0.6 is 0 Å². The predicted octanol–water partition coefficient (Wildman–Crippen LogP) is 4.17. The number of nitrogens with zero attached hydrogens (tertiary/aromatic N) is 3. The number of urea groups is 1. The van der Waals surface area contributed by atoms with Crippen LogP contribution in [0.25, 0.3) is 17.1 Å². The van der Waals surface area contributed by atoms with Crippen molar-refractivity contribution in [2.75, 3.05) is 18.0 Å². The molecule has 5 nitrogen and oxygen atoms in total. The summed E-state index contributed by atoms with van der Waals surface area (Å²) >= 11 is 0. The fraction of sp³-hybridized carbons (Fsp3) is 0.200. The highest BCUT2D eigenvalue weighted by Crippen LogP contribution is 2.27. The fourth-order valence-corrected chi connectivity index (χ4v) is 3.26. The van der Waals surface area contributed by atoms with Crippen LogP contribution in [0.3, 0.4) is 0 Å². The second-order valence-corrected chi connectivity index (χ2v) is 6.51. The fourth-order valence-electron chi connectivity index (χ4n) is 3.26. The highest BCUT2D eigenvalue weighted by atomic mass is 19.4. The highest BCUT2D eigenvalue weighted by Gasteiger charge is 2.27. The highest BCUT2D eigenvalue weighted by molar-refractivity contribution is 5.94. The topological polar surface area (TPSA) is 50.2 Å². The maximum absolute atomic E-state index is 12.5. The Labute approximate surface area is 159 Å². The first-order valence-electron chi connectivity index (χ1n) is 8.76. The van der Waals surface area contributed by atoms with E-state index in [0.29, 0.717) is 24.5 Å². The Morgan fingerprint density at radius 3 is 2.50 bits per heavy atom. The smallest absolute Gasteiger partial charge is 0.336 e. The lowest BCUT2D eigenvalue weighted by atomic mass is 10.1. The summed E-state index contributed by atoms with van der Waals surface area (Å²) in [6, 6.07) is 13.6. The number of alkyl halides is 3. The molecule has 1 aliphatic rings. The molecule has 28 heavy (non-hydrogen) atoms. The molecule has 2 heterocycles. The van der Waals surface area contributed by atoms with Crippen molar-refractivity contribution >= 4 is 11.7 Å². The molecule has 1 N–H and O–H groups in total. The number of imidazole rings is 1. The average molecular weight is 386 g/mol. The number of carbonyl (C=O) groups is 1. The van der Waals surface area contributed by atoms with E-state index < -0.39 is 12.6 Å². The number of hydrogen-bond donors (Lipinski definition) is 1. The first-order valence-corrected chi connectivity index (χ1v) is 8.76. The van der Waals surface area contributed by atoms with Crippen LogP contribution in [0.1, 0.15) is 5.56 Å². The summed E-state index contributed by atoms with van der Waals surface area (Å²) in [5, 5.41) is 2.77. The van der Waals surface area contributed by atoms with Gasteiger partial charge in [0.15, 0.2) is 0 Å². The molecule has 4 rings (SSSR count). The molecule has 2 amide bonds. The Balaban J connectivity index is 1.64. The summed E-state index contributed by atoms with van der Waals surface area (Å²) < 4.78 is 39.5. The normalized spacial score (nSPS) is 14.4. The van der Waals surface area contributed by atoms with Crippen LogP contribution in [0.15, 0.2) is 60.9 Å². The van der Waals surface area contributed by atoms with Gasteiger partial charge in [-0.15, -0.1) is 0 Å². The van der Waals surface area contributed by atoms with Gasteiger partial charge in [0.2, 0.25) is 0 Å². The number of benzene rings is 2. The van der Waals surface area contributed by atoms with Gasteiger partial charge in [-0.05, 0) is 23.8 Å². The lowest BCUT2D eigenvalue weighted by Crippen LogP contribution is -2.27. The van der Waals surface area contributed by atoms with Gasteiger partial charge >= 0.3 is 12.2 Å². The second-order valence-electron chi connectivity index (χ2n) is 6.51. The summed E-state index contributed by atoms with van der Waals surface area (Å²) in [4.78, 5) is 17.9. The van der Waals surface area contributed by atoms with E-state index in [4.69, 9.17) is 0 Å². The molecule has 0 unspecified atom stereocenters. The quantitative estimate of drug-likeness (QED) is 0.732. The molecule has 0 spiro atoms. The van der Waals surface area contributed by atoms with Crippen molar-refractivity contribution in [3.63, 3.8) is 0 Å². The Morgan fingerprint density at radius 2 is 1.82 bits per heavy atom. The van der Waals surface area contributed by atoms with E-state index in [1.54, 1.807) is 29.4 Å². The van der Waals surface area contributed by atoms with Gasteiger partial charge in [0.25, 0.3) is 0 Å². The van der Waals surface area contributed by atoms with Crippen molar-refractivity contribution in [2.24, 2.45) is 0 Å².